The molecule has 0 spiro atoms. The Labute approximate surface area is 201 Å². The number of aryl methyl sites for hydroxylation is 2. The minimum Gasteiger partial charge on any atom is -0.342 e. The van der Waals surface area contributed by atoms with E-state index in [0.29, 0.717) is 13.1 Å². The third kappa shape index (κ3) is 6.82. The number of piperazine rings is 1. The summed E-state index contributed by atoms with van der Waals surface area (Å²) in [5.74, 6) is 0.254. The van der Waals surface area contributed by atoms with Gasteiger partial charge in [-0.15, -0.1) is 0 Å². The average molecular weight is 467 g/mol. The first-order valence-corrected chi connectivity index (χ1v) is 12.7. The summed E-state index contributed by atoms with van der Waals surface area (Å²) in [7, 11) is 0. The zero-order valence-corrected chi connectivity index (χ0v) is 20.5. The Hall–Kier alpha value is -2.35. The van der Waals surface area contributed by atoms with Crippen LogP contribution in [0, 0.1) is 13.8 Å². The molecule has 6 nitrogen and oxygen atoms in total. The lowest BCUT2D eigenvalue weighted by Crippen LogP contribution is -2.51. The second-order valence-electron chi connectivity index (χ2n) is 9.06. The summed E-state index contributed by atoms with van der Waals surface area (Å²) in [4.78, 5) is 33.6. The van der Waals surface area contributed by atoms with Crippen LogP contribution in [0.5, 0.6) is 0 Å². The Morgan fingerprint density at radius 1 is 0.788 bits per heavy atom. The number of nitrogens with zero attached hydrogens (tertiary/aromatic N) is 3. The van der Waals surface area contributed by atoms with Gasteiger partial charge in [-0.2, -0.15) is 0 Å². The van der Waals surface area contributed by atoms with E-state index in [0.717, 1.165) is 62.7 Å². The summed E-state index contributed by atoms with van der Waals surface area (Å²) in [6.45, 7) is 10.2. The van der Waals surface area contributed by atoms with Gasteiger partial charge in [-0.1, -0.05) is 17.8 Å². The maximum atomic E-state index is 12.5. The van der Waals surface area contributed by atoms with Gasteiger partial charge < -0.3 is 10.2 Å². The number of rotatable bonds is 7. The number of likely N-dealkylation sites (tertiary alicyclic amines) is 1. The van der Waals surface area contributed by atoms with Gasteiger partial charge in [0, 0.05) is 54.7 Å². The SMILES string of the molecule is Cc1ccc(Sc2ccc(NC(=O)CN3CCN(CC(=O)N4CCCC4)CC3)cc2)cc1C. The molecule has 2 aliphatic rings. The minimum atomic E-state index is 0.00570. The van der Waals surface area contributed by atoms with Crippen molar-refractivity contribution in [2.45, 2.75) is 36.5 Å². The van der Waals surface area contributed by atoms with Crippen molar-refractivity contribution in [3.05, 3.63) is 53.6 Å². The van der Waals surface area contributed by atoms with Crippen molar-refractivity contribution in [3.8, 4) is 0 Å². The lowest BCUT2D eigenvalue weighted by molar-refractivity contribution is -0.132. The van der Waals surface area contributed by atoms with Gasteiger partial charge in [0.05, 0.1) is 13.1 Å². The molecule has 0 aliphatic carbocycles. The van der Waals surface area contributed by atoms with Gasteiger partial charge in [-0.25, -0.2) is 0 Å². The van der Waals surface area contributed by atoms with E-state index in [2.05, 4.69) is 47.2 Å². The van der Waals surface area contributed by atoms with E-state index in [1.807, 2.05) is 29.2 Å². The fourth-order valence-electron chi connectivity index (χ4n) is 4.29. The van der Waals surface area contributed by atoms with Gasteiger partial charge in [0.25, 0.3) is 0 Å². The largest absolute Gasteiger partial charge is 0.342 e. The number of hydrogen-bond acceptors (Lipinski definition) is 5. The van der Waals surface area contributed by atoms with Crippen molar-refractivity contribution >= 4 is 29.3 Å². The van der Waals surface area contributed by atoms with Crippen LogP contribution in [0.3, 0.4) is 0 Å². The first-order chi connectivity index (χ1) is 16.0. The predicted molar refractivity (Wildman–Crippen MR) is 134 cm³/mol. The van der Waals surface area contributed by atoms with E-state index in [9.17, 15) is 9.59 Å². The third-order valence-electron chi connectivity index (χ3n) is 6.50. The molecule has 1 N–H and O–H groups in total. The number of carbonyl (C=O) groups excluding carboxylic acids is 2. The topological polar surface area (TPSA) is 55.9 Å². The lowest BCUT2D eigenvalue weighted by Gasteiger charge is -2.34. The highest BCUT2D eigenvalue weighted by Crippen LogP contribution is 2.29. The summed E-state index contributed by atoms with van der Waals surface area (Å²) in [5.41, 5.74) is 3.41. The van der Waals surface area contributed by atoms with Crippen molar-refractivity contribution in [2.75, 3.05) is 57.7 Å². The average Bonchev–Trinajstić information content (AvgIpc) is 3.34. The zero-order valence-electron chi connectivity index (χ0n) is 19.7. The molecule has 0 unspecified atom stereocenters. The molecule has 2 aliphatic heterocycles. The molecule has 2 aromatic carbocycles. The first-order valence-electron chi connectivity index (χ1n) is 11.8. The number of anilines is 1. The van der Waals surface area contributed by atoms with Crippen molar-refractivity contribution in [2.24, 2.45) is 0 Å². The Bertz CT molecular complexity index is 965. The van der Waals surface area contributed by atoms with Crippen LogP contribution in [-0.2, 0) is 9.59 Å². The van der Waals surface area contributed by atoms with Crippen molar-refractivity contribution in [1.82, 2.24) is 14.7 Å². The van der Waals surface area contributed by atoms with E-state index in [4.69, 9.17) is 0 Å². The standard InChI is InChI=1S/C26H34N4O2S/c1-20-5-8-24(17-21(20)2)33-23-9-6-22(7-10-23)27-25(31)18-28-13-15-29(16-14-28)19-26(32)30-11-3-4-12-30/h5-10,17H,3-4,11-16,18-19H2,1-2H3,(H,27,31). The molecule has 2 saturated heterocycles. The van der Waals surface area contributed by atoms with Crippen LogP contribution in [0.4, 0.5) is 5.69 Å². The van der Waals surface area contributed by atoms with Gasteiger partial charge in [0.1, 0.15) is 0 Å². The molecule has 4 rings (SSSR count). The van der Waals surface area contributed by atoms with Gasteiger partial charge in [-0.05, 0) is 74.2 Å². The van der Waals surface area contributed by atoms with Gasteiger partial charge >= 0.3 is 0 Å². The normalized spacial score (nSPS) is 17.3. The van der Waals surface area contributed by atoms with Gasteiger partial charge in [-0.3, -0.25) is 19.4 Å². The molecule has 2 amide bonds. The maximum absolute atomic E-state index is 12.5. The molecule has 0 atom stereocenters. The molecule has 2 aromatic rings. The molecule has 0 radical (unpaired) electrons. The molecule has 0 aromatic heterocycles. The van der Waals surface area contributed by atoms with Crippen molar-refractivity contribution in [1.29, 1.82) is 0 Å². The number of benzene rings is 2. The molecule has 0 bridgehead atoms. The Morgan fingerprint density at radius 2 is 1.39 bits per heavy atom. The van der Waals surface area contributed by atoms with E-state index in [-0.39, 0.29) is 11.8 Å². The Kier molecular flexibility index (Phi) is 8.06. The van der Waals surface area contributed by atoms with Crippen LogP contribution in [0.15, 0.2) is 52.3 Å². The van der Waals surface area contributed by atoms with Crippen LogP contribution < -0.4 is 5.32 Å². The number of hydrogen-bond donors (Lipinski definition) is 1. The highest BCUT2D eigenvalue weighted by Gasteiger charge is 2.24. The zero-order chi connectivity index (χ0) is 23.2. The summed E-state index contributed by atoms with van der Waals surface area (Å²) in [6, 6.07) is 14.5. The van der Waals surface area contributed by atoms with Crippen LogP contribution in [0.1, 0.15) is 24.0 Å². The molecular formula is C26H34N4O2S. The maximum Gasteiger partial charge on any atom is 0.238 e. The molecule has 2 fully saturated rings. The molecule has 33 heavy (non-hydrogen) atoms. The quantitative estimate of drug-likeness (QED) is 0.675. The van der Waals surface area contributed by atoms with Crippen LogP contribution >= 0.6 is 11.8 Å². The molecule has 7 heteroatoms. The van der Waals surface area contributed by atoms with Gasteiger partial charge in [0.15, 0.2) is 0 Å². The van der Waals surface area contributed by atoms with E-state index in [1.54, 1.807) is 11.8 Å². The molecule has 2 heterocycles. The van der Waals surface area contributed by atoms with Crippen LogP contribution in [0.2, 0.25) is 0 Å². The molecular weight excluding hydrogens is 432 g/mol. The number of carbonyl (C=O) groups is 2. The van der Waals surface area contributed by atoms with Crippen LogP contribution in [0.25, 0.3) is 0 Å². The smallest absolute Gasteiger partial charge is 0.238 e. The fourth-order valence-corrected chi connectivity index (χ4v) is 5.20. The van der Waals surface area contributed by atoms with E-state index >= 15 is 0 Å². The lowest BCUT2D eigenvalue weighted by atomic mass is 10.1. The summed E-state index contributed by atoms with van der Waals surface area (Å²) in [6.07, 6.45) is 2.26. The van der Waals surface area contributed by atoms with Crippen LogP contribution in [-0.4, -0.2) is 78.9 Å². The number of amides is 2. The predicted octanol–water partition coefficient (Wildman–Crippen LogP) is 3.63. The third-order valence-corrected chi connectivity index (χ3v) is 7.50. The summed E-state index contributed by atoms with van der Waals surface area (Å²) < 4.78 is 0. The minimum absolute atomic E-state index is 0.00570. The monoisotopic (exact) mass is 466 g/mol. The fraction of sp³-hybridized carbons (Fsp3) is 0.462. The summed E-state index contributed by atoms with van der Waals surface area (Å²) in [5, 5.41) is 3.01. The second-order valence-corrected chi connectivity index (χ2v) is 10.2. The Balaban J connectivity index is 1.19. The highest BCUT2D eigenvalue weighted by atomic mass is 32.2. The van der Waals surface area contributed by atoms with E-state index in [1.165, 1.54) is 16.0 Å². The molecule has 176 valence electrons. The van der Waals surface area contributed by atoms with Crippen molar-refractivity contribution < 1.29 is 9.59 Å². The molecule has 0 saturated carbocycles. The van der Waals surface area contributed by atoms with Crippen molar-refractivity contribution in [3.63, 3.8) is 0 Å². The highest BCUT2D eigenvalue weighted by molar-refractivity contribution is 7.99. The Morgan fingerprint density at radius 3 is 2.03 bits per heavy atom. The van der Waals surface area contributed by atoms with Gasteiger partial charge in [0.2, 0.25) is 11.8 Å². The number of nitrogens with one attached hydrogen (secondary N) is 1. The second kappa shape index (κ2) is 11.2. The van der Waals surface area contributed by atoms with E-state index < -0.39 is 0 Å². The summed E-state index contributed by atoms with van der Waals surface area (Å²) >= 11 is 1.73. The first kappa shape index (κ1) is 23.8.